The van der Waals surface area contributed by atoms with Gasteiger partial charge in [0.15, 0.2) is 0 Å². The summed E-state index contributed by atoms with van der Waals surface area (Å²) < 4.78 is 6.25. The van der Waals surface area contributed by atoms with Crippen molar-refractivity contribution in [2.75, 3.05) is 18.2 Å². The molecule has 3 N–H and O–H groups in total. The van der Waals surface area contributed by atoms with E-state index in [0.717, 1.165) is 9.56 Å². The predicted molar refractivity (Wildman–Crippen MR) is 97.8 cm³/mol. The number of hydrogen-bond acceptors (Lipinski definition) is 6. The van der Waals surface area contributed by atoms with Crippen molar-refractivity contribution < 1.29 is 9.53 Å². The van der Waals surface area contributed by atoms with Gasteiger partial charge in [-0.2, -0.15) is 5.10 Å². The van der Waals surface area contributed by atoms with Crippen molar-refractivity contribution in [3.05, 3.63) is 58.2 Å². The van der Waals surface area contributed by atoms with Gasteiger partial charge in [-0.05, 0) is 29.6 Å². The van der Waals surface area contributed by atoms with Crippen LogP contribution < -0.4 is 21.3 Å². The van der Waals surface area contributed by atoms with Gasteiger partial charge in [-0.25, -0.2) is 4.68 Å². The Hall–Kier alpha value is -3.13. The zero-order valence-electron chi connectivity index (χ0n) is 13.4. The van der Waals surface area contributed by atoms with Crippen molar-refractivity contribution in [1.29, 1.82) is 0 Å². The molecule has 1 aromatic carbocycles. The van der Waals surface area contributed by atoms with Crippen LogP contribution in [-0.4, -0.2) is 22.8 Å². The molecule has 3 rings (SSSR count). The number of carbonyl (C=O) groups is 1. The van der Waals surface area contributed by atoms with Gasteiger partial charge < -0.3 is 15.8 Å². The lowest BCUT2D eigenvalue weighted by atomic mass is 10.3. The average molecular weight is 356 g/mol. The van der Waals surface area contributed by atoms with E-state index in [-0.39, 0.29) is 12.2 Å². The molecule has 2 heterocycles. The molecule has 0 aliphatic rings. The second kappa shape index (κ2) is 7.18. The van der Waals surface area contributed by atoms with E-state index in [1.165, 1.54) is 24.5 Å². The molecule has 0 fully saturated rings. The van der Waals surface area contributed by atoms with Gasteiger partial charge in [0.05, 0.1) is 17.7 Å². The molecule has 0 aliphatic heterocycles. The molecule has 3 aromatic rings. The summed E-state index contributed by atoms with van der Waals surface area (Å²) in [5.41, 5.74) is 6.39. The number of nitrogens with two attached hydrogens (primary N) is 1. The number of carbonyl (C=O) groups excluding carboxylic acids is 1. The summed E-state index contributed by atoms with van der Waals surface area (Å²) in [6, 6.07) is 12.3. The molecule has 1 amide bonds. The summed E-state index contributed by atoms with van der Waals surface area (Å²) >= 11 is 1.48. The van der Waals surface area contributed by atoms with Crippen LogP contribution in [0.25, 0.3) is 10.6 Å². The fourth-order valence-corrected chi connectivity index (χ4v) is 2.97. The van der Waals surface area contributed by atoms with Crippen molar-refractivity contribution >= 4 is 28.6 Å². The number of amides is 1. The Labute approximate surface area is 147 Å². The normalized spacial score (nSPS) is 10.4. The number of methoxy groups -OCH3 is 1. The van der Waals surface area contributed by atoms with Gasteiger partial charge in [0.2, 0.25) is 5.91 Å². The van der Waals surface area contributed by atoms with E-state index in [2.05, 4.69) is 10.4 Å². The number of para-hydroxylation sites is 2. The number of nitrogens with zero attached hydrogens (tertiary/aromatic N) is 2. The molecule has 0 bridgehead atoms. The van der Waals surface area contributed by atoms with E-state index in [4.69, 9.17) is 10.5 Å². The van der Waals surface area contributed by atoms with Crippen LogP contribution in [0.1, 0.15) is 0 Å². The number of nitrogen functional groups attached to an aromatic ring is 1. The Bertz CT molecular complexity index is 951. The molecule has 2 aromatic heterocycles. The lowest BCUT2D eigenvalue weighted by molar-refractivity contribution is -0.117. The minimum absolute atomic E-state index is 0.0449. The van der Waals surface area contributed by atoms with Gasteiger partial charge in [-0.3, -0.25) is 9.59 Å². The minimum atomic E-state index is -0.504. The molecule has 8 heteroatoms. The highest BCUT2D eigenvalue weighted by atomic mass is 32.1. The molecule has 0 atom stereocenters. The number of rotatable bonds is 5. The maximum Gasteiger partial charge on any atom is 0.290 e. The number of ether oxygens (including phenoxy) is 1. The highest BCUT2D eigenvalue weighted by Gasteiger charge is 2.13. The van der Waals surface area contributed by atoms with E-state index >= 15 is 0 Å². The first-order chi connectivity index (χ1) is 12.1. The highest BCUT2D eigenvalue weighted by Crippen LogP contribution is 2.24. The summed E-state index contributed by atoms with van der Waals surface area (Å²) in [6.45, 7) is -0.250. The van der Waals surface area contributed by atoms with Gasteiger partial charge in [0.25, 0.3) is 5.56 Å². The molecule has 0 radical (unpaired) electrons. The standard InChI is InChI=1S/C17H16N4O3S/c1-24-14-6-3-2-5-12(14)19-16(22)10-21-17(23)11(18)9-13(20-21)15-7-4-8-25-15/h2-9H,10,18H2,1H3,(H,19,22). The first-order valence-electron chi connectivity index (χ1n) is 7.43. The van der Waals surface area contributed by atoms with Crippen LogP contribution >= 0.6 is 11.3 Å². The second-order valence-electron chi connectivity index (χ2n) is 5.17. The van der Waals surface area contributed by atoms with Crippen LogP contribution in [-0.2, 0) is 11.3 Å². The van der Waals surface area contributed by atoms with Gasteiger partial charge in [0.1, 0.15) is 23.7 Å². The monoisotopic (exact) mass is 356 g/mol. The first-order valence-corrected chi connectivity index (χ1v) is 8.31. The second-order valence-corrected chi connectivity index (χ2v) is 6.12. The van der Waals surface area contributed by atoms with Crippen LogP contribution in [0.2, 0.25) is 0 Å². The maximum atomic E-state index is 12.3. The summed E-state index contributed by atoms with van der Waals surface area (Å²) in [7, 11) is 1.52. The quantitative estimate of drug-likeness (QED) is 0.730. The number of thiophene rings is 1. The molecule has 0 unspecified atom stereocenters. The van der Waals surface area contributed by atoms with Gasteiger partial charge in [0, 0.05) is 0 Å². The Kier molecular flexibility index (Phi) is 4.80. The van der Waals surface area contributed by atoms with Crippen LogP contribution in [0.3, 0.4) is 0 Å². The molecular formula is C17H16N4O3S. The van der Waals surface area contributed by atoms with E-state index in [0.29, 0.717) is 17.1 Å². The topological polar surface area (TPSA) is 99.2 Å². The third-order valence-corrected chi connectivity index (χ3v) is 4.34. The maximum absolute atomic E-state index is 12.3. The lowest BCUT2D eigenvalue weighted by Crippen LogP contribution is -2.31. The number of anilines is 2. The molecule has 0 saturated heterocycles. The number of hydrogen-bond donors (Lipinski definition) is 2. The summed E-state index contributed by atoms with van der Waals surface area (Å²) in [5, 5.41) is 8.85. The summed E-state index contributed by atoms with van der Waals surface area (Å²) in [4.78, 5) is 25.3. The first kappa shape index (κ1) is 16.7. The zero-order valence-corrected chi connectivity index (χ0v) is 14.2. The Balaban J connectivity index is 1.85. The van der Waals surface area contributed by atoms with E-state index in [1.54, 1.807) is 24.3 Å². The molecular weight excluding hydrogens is 340 g/mol. The summed E-state index contributed by atoms with van der Waals surface area (Å²) in [6.07, 6.45) is 0. The number of benzene rings is 1. The lowest BCUT2D eigenvalue weighted by Gasteiger charge is -2.11. The molecule has 7 nitrogen and oxygen atoms in total. The van der Waals surface area contributed by atoms with Crippen molar-refractivity contribution in [2.24, 2.45) is 0 Å². The van der Waals surface area contributed by atoms with Crippen molar-refractivity contribution in [2.45, 2.75) is 6.54 Å². The van der Waals surface area contributed by atoms with Crippen molar-refractivity contribution in [3.63, 3.8) is 0 Å². The highest BCUT2D eigenvalue weighted by molar-refractivity contribution is 7.13. The van der Waals surface area contributed by atoms with E-state index in [1.807, 2.05) is 17.5 Å². The molecule has 0 spiro atoms. The third kappa shape index (κ3) is 3.69. The average Bonchev–Trinajstić information content (AvgIpc) is 3.14. The minimum Gasteiger partial charge on any atom is -0.495 e. The van der Waals surface area contributed by atoms with Crippen molar-refractivity contribution in [3.8, 4) is 16.3 Å². The molecule has 0 saturated carbocycles. The van der Waals surface area contributed by atoms with Gasteiger partial charge >= 0.3 is 0 Å². The van der Waals surface area contributed by atoms with Crippen LogP contribution in [0, 0.1) is 0 Å². The SMILES string of the molecule is COc1ccccc1NC(=O)Cn1nc(-c2cccs2)cc(N)c1=O. The van der Waals surface area contributed by atoms with Crippen molar-refractivity contribution in [1.82, 2.24) is 9.78 Å². The fraction of sp³-hybridized carbons (Fsp3) is 0.118. The zero-order chi connectivity index (χ0) is 17.8. The van der Waals surface area contributed by atoms with Crippen LogP contribution in [0.15, 0.2) is 52.6 Å². The number of nitrogens with one attached hydrogen (secondary N) is 1. The third-order valence-electron chi connectivity index (χ3n) is 3.45. The Morgan fingerprint density at radius 2 is 2.12 bits per heavy atom. The Morgan fingerprint density at radius 1 is 1.32 bits per heavy atom. The largest absolute Gasteiger partial charge is 0.495 e. The fourth-order valence-electron chi connectivity index (χ4n) is 2.29. The molecule has 128 valence electrons. The van der Waals surface area contributed by atoms with E-state index in [9.17, 15) is 9.59 Å². The molecule has 0 aliphatic carbocycles. The van der Waals surface area contributed by atoms with Crippen LogP contribution in [0.5, 0.6) is 5.75 Å². The number of aromatic nitrogens is 2. The molecule has 25 heavy (non-hydrogen) atoms. The summed E-state index contributed by atoms with van der Waals surface area (Å²) in [5.74, 6) is 0.129. The van der Waals surface area contributed by atoms with Crippen LogP contribution in [0.4, 0.5) is 11.4 Å². The smallest absolute Gasteiger partial charge is 0.290 e. The predicted octanol–water partition coefficient (Wildman–Crippen LogP) is 2.20. The Morgan fingerprint density at radius 3 is 2.84 bits per heavy atom. The van der Waals surface area contributed by atoms with Gasteiger partial charge in [-0.1, -0.05) is 18.2 Å². The van der Waals surface area contributed by atoms with E-state index < -0.39 is 11.5 Å². The van der Waals surface area contributed by atoms with Gasteiger partial charge in [-0.15, -0.1) is 11.3 Å².